The Morgan fingerprint density at radius 1 is 0.722 bits per heavy atom. The third kappa shape index (κ3) is 16.7. The van der Waals surface area contributed by atoms with Crippen LogP contribution >= 0.6 is 0 Å². The summed E-state index contributed by atoms with van der Waals surface area (Å²) in [6.07, 6.45) is 21.4. The van der Waals surface area contributed by atoms with Crippen LogP contribution in [0.5, 0.6) is 0 Å². The summed E-state index contributed by atoms with van der Waals surface area (Å²) in [6.45, 7) is 8.84. The minimum atomic E-state index is -0.0195. The fraction of sp³-hybridized carbons (Fsp3) is 0.812. The fourth-order valence-corrected chi connectivity index (χ4v) is 4.59. The second-order valence-corrected chi connectivity index (χ2v) is 10.6. The molecular weight excluding hydrogens is 448 g/mol. The van der Waals surface area contributed by atoms with Gasteiger partial charge in [0.25, 0.3) is 0 Å². The van der Waals surface area contributed by atoms with Crippen molar-refractivity contribution in [2.75, 3.05) is 33.0 Å². The van der Waals surface area contributed by atoms with Crippen LogP contribution in [0.3, 0.4) is 0 Å². The Balaban J connectivity index is 1.59. The predicted octanol–water partition coefficient (Wildman–Crippen LogP) is 8.96. The largest absolute Gasteiger partial charge is 0.379 e. The van der Waals surface area contributed by atoms with E-state index in [4.69, 9.17) is 18.9 Å². The lowest BCUT2D eigenvalue weighted by Crippen LogP contribution is -2.26. The van der Waals surface area contributed by atoms with E-state index in [1.807, 2.05) is 0 Å². The third-order valence-electron chi connectivity index (χ3n) is 7.03. The van der Waals surface area contributed by atoms with Crippen LogP contribution in [-0.4, -0.2) is 39.1 Å². The summed E-state index contributed by atoms with van der Waals surface area (Å²) in [6, 6.07) is 8.57. The molecule has 0 spiro atoms. The summed E-state index contributed by atoms with van der Waals surface area (Å²) >= 11 is 0. The number of unbranched alkanes of at least 4 members (excludes halogenated alkanes) is 14. The lowest BCUT2D eigenvalue weighted by Gasteiger charge is -2.19. The number of ether oxygens (including phenoxy) is 4. The minimum Gasteiger partial charge on any atom is -0.379 e. The van der Waals surface area contributed by atoms with Gasteiger partial charge >= 0.3 is 0 Å². The van der Waals surface area contributed by atoms with Crippen LogP contribution < -0.4 is 0 Å². The van der Waals surface area contributed by atoms with Crippen LogP contribution in [0.4, 0.5) is 0 Å². The molecule has 0 saturated carbocycles. The summed E-state index contributed by atoms with van der Waals surface area (Å²) in [5.74, 6) is 0. The van der Waals surface area contributed by atoms with E-state index in [9.17, 15) is 0 Å². The molecule has 1 aliphatic rings. The molecule has 2 rings (SSSR count). The van der Waals surface area contributed by atoms with Gasteiger partial charge < -0.3 is 18.9 Å². The lowest BCUT2D eigenvalue weighted by molar-refractivity contribution is -0.0674. The molecular formula is C32H56O4. The Bertz CT molecular complexity index is 592. The van der Waals surface area contributed by atoms with E-state index >= 15 is 0 Å². The molecule has 1 atom stereocenters. The van der Waals surface area contributed by atoms with Crippen molar-refractivity contribution in [3.05, 3.63) is 35.4 Å². The Hall–Kier alpha value is -0.940. The van der Waals surface area contributed by atoms with Gasteiger partial charge in [-0.15, -0.1) is 0 Å². The van der Waals surface area contributed by atoms with Gasteiger partial charge in [-0.2, -0.15) is 0 Å². The molecule has 1 heterocycles. The fourth-order valence-electron chi connectivity index (χ4n) is 4.59. The van der Waals surface area contributed by atoms with Crippen LogP contribution in [0.15, 0.2) is 24.3 Å². The smallest absolute Gasteiger partial charge is 0.106 e. The molecule has 1 aliphatic heterocycles. The highest BCUT2D eigenvalue weighted by Gasteiger charge is 2.24. The van der Waals surface area contributed by atoms with Crippen molar-refractivity contribution < 1.29 is 18.9 Å². The molecule has 208 valence electrons. The first kappa shape index (κ1) is 31.3. The first-order valence-electron chi connectivity index (χ1n) is 15.3. The Labute approximate surface area is 222 Å². The van der Waals surface area contributed by atoms with Crippen molar-refractivity contribution in [3.8, 4) is 0 Å². The van der Waals surface area contributed by atoms with Gasteiger partial charge in [0.1, 0.15) is 12.2 Å². The average molecular weight is 505 g/mol. The van der Waals surface area contributed by atoms with Gasteiger partial charge in [0, 0.05) is 13.2 Å². The molecule has 0 radical (unpaired) electrons. The van der Waals surface area contributed by atoms with E-state index in [0.29, 0.717) is 19.8 Å². The van der Waals surface area contributed by atoms with Crippen LogP contribution in [0.25, 0.3) is 0 Å². The zero-order chi connectivity index (χ0) is 25.5. The van der Waals surface area contributed by atoms with Crippen molar-refractivity contribution in [1.29, 1.82) is 0 Å². The maximum Gasteiger partial charge on any atom is 0.106 e. The molecule has 1 saturated heterocycles. The van der Waals surface area contributed by atoms with Crippen molar-refractivity contribution in [2.45, 2.75) is 135 Å². The van der Waals surface area contributed by atoms with Crippen molar-refractivity contribution in [3.63, 3.8) is 0 Å². The van der Waals surface area contributed by atoms with Gasteiger partial charge in [0.15, 0.2) is 0 Å². The molecule has 1 aromatic rings. The summed E-state index contributed by atoms with van der Waals surface area (Å²) in [4.78, 5) is 0. The summed E-state index contributed by atoms with van der Waals surface area (Å²) in [7, 11) is 0. The van der Waals surface area contributed by atoms with E-state index < -0.39 is 0 Å². The predicted molar refractivity (Wildman–Crippen MR) is 151 cm³/mol. The molecule has 0 aromatic heterocycles. The van der Waals surface area contributed by atoms with Gasteiger partial charge in [0.05, 0.1) is 26.4 Å². The van der Waals surface area contributed by atoms with Gasteiger partial charge in [0.2, 0.25) is 0 Å². The zero-order valence-electron chi connectivity index (χ0n) is 23.7. The second-order valence-electron chi connectivity index (χ2n) is 10.6. The van der Waals surface area contributed by atoms with E-state index in [0.717, 1.165) is 32.7 Å². The van der Waals surface area contributed by atoms with Gasteiger partial charge in [-0.3, -0.25) is 0 Å². The SMILES string of the molecule is CCCCCCCCCCOCC(COCCCCCCCCCC)OCc1cccc(C2CO2)c1. The normalized spacial score (nSPS) is 15.1. The zero-order valence-corrected chi connectivity index (χ0v) is 23.7. The summed E-state index contributed by atoms with van der Waals surface area (Å²) in [5, 5.41) is 0. The summed E-state index contributed by atoms with van der Waals surface area (Å²) < 4.78 is 23.7. The highest BCUT2D eigenvalue weighted by Crippen LogP contribution is 2.30. The van der Waals surface area contributed by atoms with Crippen LogP contribution in [-0.2, 0) is 25.6 Å². The van der Waals surface area contributed by atoms with E-state index in [1.165, 1.54) is 101 Å². The molecule has 1 fully saturated rings. The topological polar surface area (TPSA) is 40.2 Å². The molecule has 1 unspecified atom stereocenters. The second kappa shape index (κ2) is 22.1. The first-order chi connectivity index (χ1) is 17.8. The van der Waals surface area contributed by atoms with Crippen molar-refractivity contribution in [2.24, 2.45) is 0 Å². The molecule has 4 nitrogen and oxygen atoms in total. The highest BCUT2D eigenvalue weighted by atomic mass is 16.6. The van der Waals surface area contributed by atoms with Crippen molar-refractivity contribution in [1.82, 2.24) is 0 Å². The maximum absolute atomic E-state index is 6.26. The average Bonchev–Trinajstić information content (AvgIpc) is 3.75. The van der Waals surface area contributed by atoms with E-state index in [2.05, 4.69) is 38.1 Å². The third-order valence-corrected chi connectivity index (χ3v) is 7.03. The molecule has 0 amide bonds. The van der Waals surface area contributed by atoms with Crippen LogP contribution in [0, 0.1) is 0 Å². The number of hydrogen-bond donors (Lipinski definition) is 0. The molecule has 1 aromatic carbocycles. The molecule has 0 N–H and O–H groups in total. The number of hydrogen-bond acceptors (Lipinski definition) is 4. The van der Waals surface area contributed by atoms with E-state index in [-0.39, 0.29) is 12.2 Å². The first-order valence-corrected chi connectivity index (χ1v) is 15.3. The van der Waals surface area contributed by atoms with Crippen LogP contribution in [0.2, 0.25) is 0 Å². The van der Waals surface area contributed by atoms with Gasteiger partial charge in [-0.05, 0) is 24.0 Å². The van der Waals surface area contributed by atoms with Gasteiger partial charge in [-0.25, -0.2) is 0 Å². The lowest BCUT2D eigenvalue weighted by atomic mass is 10.1. The molecule has 0 bridgehead atoms. The minimum absolute atomic E-state index is 0.0195. The summed E-state index contributed by atoms with van der Waals surface area (Å²) in [5.41, 5.74) is 2.45. The van der Waals surface area contributed by atoms with E-state index in [1.54, 1.807) is 0 Å². The molecule has 36 heavy (non-hydrogen) atoms. The number of benzene rings is 1. The maximum atomic E-state index is 6.26. The Kier molecular flexibility index (Phi) is 19.2. The quantitative estimate of drug-likeness (QED) is 0.0932. The van der Waals surface area contributed by atoms with Crippen LogP contribution in [0.1, 0.15) is 134 Å². The Morgan fingerprint density at radius 2 is 1.22 bits per heavy atom. The standard InChI is InChI=1S/C32H56O4/c1-3-5-7-9-11-13-15-17-22-33-26-31(27-34-23-18-16-14-12-10-8-6-4-2)35-25-29-20-19-21-30(24-29)32-28-36-32/h19-21,24,31-32H,3-18,22-23,25-28H2,1-2H3. The van der Waals surface area contributed by atoms with Gasteiger partial charge in [-0.1, -0.05) is 128 Å². The molecule has 0 aliphatic carbocycles. The monoisotopic (exact) mass is 504 g/mol. The molecule has 4 heteroatoms. The highest BCUT2D eigenvalue weighted by molar-refractivity contribution is 5.26. The number of epoxide rings is 1. The Morgan fingerprint density at radius 3 is 1.72 bits per heavy atom. The number of rotatable bonds is 26. The van der Waals surface area contributed by atoms with Crippen molar-refractivity contribution >= 4 is 0 Å².